The molecule has 0 aliphatic heterocycles. The summed E-state index contributed by atoms with van der Waals surface area (Å²) in [7, 11) is 0. The van der Waals surface area contributed by atoms with Gasteiger partial charge in [-0.3, -0.25) is 9.59 Å². The second-order valence-electron chi connectivity index (χ2n) is 7.33. The molecule has 150 valence electrons. The lowest BCUT2D eigenvalue weighted by Gasteiger charge is -2.29. The topological polar surface area (TPSA) is 95.5 Å². The average molecular weight is 380 g/mol. The third-order valence-electron chi connectivity index (χ3n) is 4.57. The predicted octanol–water partition coefficient (Wildman–Crippen LogP) is 2.48. The second kappa shape index (κ2) is 9.78. The van der Waals surface area contributed by atoms with Crippen LogP contribution in [0.4, 0.5) is 13.2 Å². The van der Waals surface area contributed by atoms with Gasteiger partial charge in [-0.2, -0.15) is 13.2 Å². The van der Waals surface area contributed by atoms with E-state index >= 15 is 0 Å². The van der Waals surface area contributed by atoms with Crippen LogP contribution in [0.1, 0.15) is 52.4 Å². The third kappa shape index (κ3) is 8.05. The number of carboxylic acids is 1. The number of hydrogen-bond acceptors (Lipinski definition) is 3. The van der Waals surface area contributed by atoms with Crippen LogP contribution in [0.5, 0.6) is 0 Å². The van der Waals surface area contributed by atoms with Gasteiger partial charge in [0.25, 0.3) is 0 Å². The first-order valence-corrected chi connectivity index (χ1v) is 8.84. The molecule has 0 saturated heterocycles. The highest BCUT2D eigenvalue weighted by atomic mass is 19.4. The maximum Gasteiger partial charge on any atom is 0.391 e. The number of carbonyl (C=O) groups excluding carboxylic acids is 2. The molecule has 1 saturated carbocycles. The number of amides is 2. The van der Waals surface area contributed by atoms with Crippen molar-refractivity contribution in [3.63, 3.8) is 0 Å². The van der Waals surface area contributed by atoms with Crippen molar-refractivity contribution in [1.82, 2.24) is 10.6 Å². The minimum Gasteiger partial charge on any atom is -0.480 e. The highest BCUT2D eigenvalue weighted by Crippen LogP contribution is 2.40. The van der Waals surface area contributed by atoms with Crippen LogP contribution >= 0.6 is 0 Å². The molecule has 0 spiro atoms. The van der Waals surface area contributed by atoms with Crippen LogP contribution in [0.3, 0.4) is 0 Å². The molecule has 6 nitrogen and oxygen atoms in total. The Hall–Kier alpha value is -1.80. The van der Waals surface area contributed by atoms with Gasteiger partial charge in [0.15, 0.2) is 0 Å². The first-order chi connectivity index (χ1) is 12.0. The van der Waals surface area contributed by atoms with Crippen molar-refractivity contribution in [1.29, 1.82) is 0 Å². The van der Waals surface area contributed by atoms with E-state index in [1.165, 1.54) is 0 Å². The van der Waals surface area contributed by atoms with Crippen LogP contribution in [0.2, 0.25) is 0 Å². The van der Waals surface area contributed by atoms with Gasteiger partial charge in [0.2, 0.25) is 11.8 Å². The lowest BCUT2D eigenvalue weighted by Crippen LogP contribution is -2.46. The summed E-state index contributed by atoms with van der Waals surface area (Å²) in [5.41, 5.74) is 0. The molecule has 0 radical (unpaired) electrons. The maximum absolute atomic E-state index is 12.6. The number of halogens is 3. The molecule has 1 fully saturated rings. The van der Waals surface area contributed by atoms with Gasteiger partial charge in [-0.25, -0.2) is 4.79 Å². The van der Waals surface area contributed by atoms with Crippen molar-refractivity contribution in [3.8, 4) is 0 Å². The van der Waals surface area contributed by atoms with Gasteiger partial charge < -0.3 is 15.7 Å². The Labute approximate surface area is 150 Å². The maximum atomic E-state index is 12.6. The van der Waals surface area contributed by atoms with Crippen molar-refractivity contribution >= 4 is 17.8 Å². The smallest absolute Gasteiger partial charge is 0.391 e. The SMILES string of the molecule is CC(C)C[C@H](NC(=O)CNC(=O)CC1CCC(C(F)(F)F)CC1)C(=O)O. The highest BCUT2D eigenvalue weighted by molar-refractivity contribution is 5.87. The fourth-order valence-electron chi connectivity index (χ4n) is 3.15. The van der Waals surface area contributed by atoms with Crippen molar-refractivity contribution in [2.24, 2.45) is 17.8 Å². The molecule has 0 aromatic carbocycles. The van der Waals surface area contributed by atoms with Crippen LogP contribution in [-0.2, 0) is 14.4 Å². The summed E-state index contributed by atoms with van der Waals surface area (Å²) in [6, 6.07) is -1.02. The third-order valence-corrected chi connectivity index (χ3v) is 4.57. The predicted molar refractivity (Wildman–Crippen MR) is 88.2 cm³/mol. The van der Waals surface area contributed by atoms with E-state index in [4.69, 9.17) is 5.11 Å². The molecule has 3 N–H and O–H groups in total. The van der Waals surface area contributed by atoms with Crippen molar-refractivity contribution in [2.45, 2.75) is 64.6 Å². The lowest BCUT2D eigenvalue weighted by atomic mass is 9.80. The Morgan fingerprint density at radius 2 is 1.65 bits per heavy atom. The molecule has 1 atom stereocenters. The quantitative estimate of drug-likeness (QED) is 0.603. The summed E-state index contributed by atoms with van der Waals surface area (Å²) >= 11 is 0. The number of hydrogen-bond donors (Lipinski definition) is 3. The van der Waals surface area contributed by atoms with Crippen molar-refractivity contribution in [3.05, 3.63) is 0 Å². The number of carbonyl (C=O) groups is 3. The Bertz CT molecular complexity index is 501. The largest absolute Gasteiger partial charge is 0.480 e. The van der Waals surface area contributed by atoms with E-state index in [2.05, 4.69) is 10.6 Å². The van der Waals surface area contributed by atoms with Crippen LogP contribution in [0, 0.1) is 17.8 Å². The first-order valence-electron chi connectivity index (χ1n) is 8.84. The van der Waals surface area contributed by atoms with Crippen LogP contribution < -0.4 is 10.6 Å². The second-order valence-corrected chi connectivity index (χ2v) is 7.33. The molecule has 1 aliphatic rings. The van der Waals surface area contributed by atoms with Gasteiger partial charge in [-0.05, 0) is 43.9 Å². The summed E-state index contributed by atoms with van der Waals surface area (Å²) < 4.78 is 37.8. The van der Waals surface area contributed by atoms with E-state index in [1.807, 2.05) is 13.8 Å². The molecule has 0 unspecified atom stereocenters. The highest BCUT2D eigenvalue weighted by Gasteiger charge is 2.41. The molecule has 2 amide bonds. The fourth-order valence-corrected chi connectivity index (χ4v) is 3.15. The molecule has 1 rings (SSSR count). The van der Waals surface area contributed by atoms with E-state index in [0.29, 0.717) is 12.8 Å². The van der Waals surface area contributed by atoms with Crippen LogP contribution in [0.25, 0.3) is 0 Å². The van der Waals surface area contributed by atoms with Crippen LogP contribution in [-0.4, -0.2) is 41.7 Å². The average Bonchev–Trinajstić information content (AvgIpc) is 2.51. The van der Waals surface area contributed by atoms with E-state index < -0.39 is 35.9 Å². The number of nitrogens with one attached hydrogen (secondary N) is 2. The van der Waals surface area contributed by atoms with Gasteiger partial charge >= 0.3 is 12.1 Å². The van der Waals surface area contributed by atoms with E-state index in [-0.39, 0.29) is 44.1 Å². The normalized spacial score (nSPS) is 21.9. The molecule has 0 heterocycles. The zero-order valence-corrected chi connectivity index (χ0v) is 15.1. The minimum atomic E-state index is -4.18. The number of rotatable bonds is 8. The number of aliphatic carboxylic acids is 1. The summed E-state index contributed by atoms with van der Waals surface area (Å²) in [6.45, 7) is 3.31. The number of alkyl halides is 3. The standard InChI is InChI=1S/C17H27F3N2O4/c1-10(2)7-13(16(25)26)22-15(24)9-21-14(23)8-11-3-5-12(6-4-11)17(18,19)20/h10-13H,3-9H2,1-2H3,(H,21,23)(H,22,24)(H,25,26)/t11?,12?,13-/m0/s1. The Morgan fingerprint density at radius 3 is 2.12 bits per heavy atom. The molecular weight excluding hydrogens is 353 g/mol. The first kappa shape index (κ1) is 22.2. The van der Waals surface area contributed by atoms with Gasteiger partial charge in [0.1, 0.15) is 6.04 Å². The van der Waals surface area contributed by atoms with Gasteiger partial charge in [-0.1, -0.05) is 13.8 Å². The van der Waals surface area contributed by atoms with Crippen LogP contribution in [0.15, 0.2) is 0 Å². The molecule has 1 aliphatic carbocycles. The minimum absolute atomic E-state index is 0.0252. The molecule has 0 bridgehead atoms. The Kier molecular flexibility index (Phi) is 8.36. The summed E-state index contributed by atoms with van der Waals surface area (Å²) in [5, 5.41) is 13.8. The van der Waals surface area contributed by atoms with E-state index in [1.54, 1.807) is 0 Å². The van der Waals surface area contributed by atoms with E-state index in [0.717, 1.165) is 0 Å². The molecule has 26 heavy (non-hydrogen) atoms. The number of carboxylic acid groups (broad SMARTS) is 1. The molecule has 0 aromatic heterocycles. The van der Waals surface area contributed by atoms with Crippen molar-refractivity contribution < 1.29 is 32.7 Å². The molecular formula is C17H27F3N2O4. The summed E-state index contributed by atoms with van der Waals surface area (Å²) in [4.78, 5) is 34.7. The Balaban J connectivity index is 2.31. The Morgan fingerprint density at radius 1 is 1.08 bits per heavy atom. The summed E-state index contributed by atoms with van der Waals surface area (Å²) in [6.07, 6.45) is -3.11. The zero-order valence-electron chi connectivity index (χ0n) is 15.1. The fraction of sp³-hybridized carbons (Fsp3) is 0.824. The molecule has 0 aromatic rings. The van der Waals surface area contributed by atoms with Gasteiger partial charge in [0, 0.05) is 6.42 Å². The van der Waals surface area contributed by atoms with Gasteiger partial charge in [0.05, 0.1) is 12.5 Å². The molecule has 9 heteroatoms. The zero-order chi connectivity index (χ0) is 19.9. The van der Waals surface area contributed by atoms with Gasteiger partial charge in [-0.15, -0.1) is 0 Å². The lowest BCUT2D eigenvalue weighted by molar-refractivity contribution is -0.184. The summed E-state index contributed by atoms with van der Waals surface area (Å²) in [5.74, 6) is -3.48. The van der Waals surface area contributed by atoms with E-state index in [9.17, 15) is 27.6 Å². The van der Waals surface area contributed by atoms with Crippen molar-refractivity contribution in [2.75, 3.05) is 6.54 Å². The monoisotopic (exact) mass is 380 g/mol.